The van der Waals surface area contributed by atoms with Crippen molar-refractivity contribution in [1.29, 1.82) is 0 Å². The van der Waals surface area contributed by atoms with Gasteiger partial charge in [-0.05, 0) is 35.9 Å². The van der Waals surface area contributed by atoms with Crippen molar-refractivity contribution in [3.63, 3.8) is 0 Å². The van der Waals surface area contributed by atoms with Gasteiger partial charge in [0.25, 0.3) is 0 Å². The van der Waals surface area contributed by atoms with Gasteiger partial charge in [0.1, 0.15) is 5.76 Å². The summed E-state index contributed by atoms with van der Waals surface area (Å²) in [6.45, 7) is 0.399. The zero-order chi connectivity index (χ0) is 15.2. The monoisotopic (exact) mass is 309 g/mol. The molecule has 0 fully saturated rings. The number of nitrogens with one attached hydrogen (secondary N) is 1. The van der Waals surface area contributed by atoms with Gasteiger partial charge < -0.3 is 9.73 Å². The molecule has 0 aliphatic heterocycles. The van der Waals surface area contributed by atoms with Crippen molar-refractivity contribution < 1.29 is 9.21 Å². The minimum absolute atomic E-state index is 0.133. The number of hydrogen-bond donors (Lipinski definition) is 1. The molecule has 0 unspecified atom stereocenters. The molecule has 4 heteroatoms. The van der Waals surface area contributed by atoms with E-state index >= 15 is 0 Å². The van der Waals surface area contributed by atoms with Crippen LogP contribution in [0.25, 0.3) is 16.5 Å². The van der Waals surface area contributed by atoms with Crippen LogP contribution in [-0.2, 0) is 11.3 Å². The van der Waals surface area contributed by atoms with Crippen LogP contribution in [0.1, 0.15) is 10.6 Å². The van der Waals surface area contributed by atoms with Gasteiger partial charge in [-0.3, -0.25) is 4.79 Å². The van der Waals surface area contributed by atoms with E-state index in [1.165, 1.54) is 10.4 Å². The molecule has 0 bridgehead atoms. The van der Waals surface area contributed by atoms with E-state index in [2.05, 4.69) is 23.5 Å². The van der Waals surface area contributed by atoms with Gasteiger partial charge in [0.15, 0.2) is 0 Å². The van der Waals surface area contributed by atoms with Crippen molar-refractivity contribution in [3.05, 3.63) is 77.6 Å². The molecule has 3 rings (SSSR count). The van der Waals surface area contributed by atoms with Gasteiger partial charge in [-0.15, -0.1) is 11.3 Å². The zero-order valence-corrected chi connectivity index (χ0v) is 12.7. The Kier molecular flexibility index (Phi) is 4.51. The third-order valence-electron chi connectivity index (χ3n) is 3.10. The summed E-state index contributed by atoms with van der Waals surface area (Å²) in [5.41, 5.74) is 1.19. The van der Waals surface area contributed by atoms with Crippen LogP contribution in [0.2, 0.25) is 0 Å². The third-order valence-corrected chi connectivity index (χ3v) is 4.20. The molecule has 2 heterocycles. The predicted octanol–water partition coefficient (Wildman–Crippen LogP) is 4.34. The van der Waals surface area contributed by atoms with Gasteiger partial charge >= 0.3 is 0 Å². The molecule has 0 atom stereocenters. The molecule has 22 heavy (non-hydrogen) atoms. The molecule has 0 saturated carbocycles. The number of carbonyl (C=O) groups is 1. The van der Waals surface area contributed by atoms with Gasteiger partial charge in [-0.25, -0.2) is 0 Å². The van der Waals surface area contributed by atoms with Crippen molar-refractivity contribution in [3.8, 4) is 10.4 Å². The fraction of sp³-hybridized carbons (Fsp3) is 0.0556. The molecular formula is C18H15NO2S. The molecular weight excluding hydrogens is 294 g/mol. The first-order valence-electron chi connectivity index (χ1n) is 6.95. The van der Waals surface area contributed by atoms with Crippen LogP contribution in [0, 0.1) is 0 Å². The average molecular weight is 309 g/mol. The van der Waals surface area contributed by atoms with Crippen molar-refractivity contribution in [2.75, 3.05) is 0 Å². The summed E-state index contributed by atoms with van der Waals surface area (Å²) in [7, 11) is 0. The van der Waals surface area contributed by atoms with Crippen molar-refractivity contribution >= 4 is 23.3 Å². The fourth-order valence-electron chi connectivity index (χ4n) is 2.00. The third kappa shape index (κ3) is 3.74. The fourth-order valence-corrected chi connectivity index (χ4v) is 2.92. The van der Waals surface area contributed by atoms with Crippen LogP contribution in [0.3, 0.4) is 0 Å². The maximum atomic E-state index is 11.8. The lowest BCUT2D eigenvalue weighted by Crippen LogP contribution is -2.19. The summed E-state index contributed by atoms with van der Waals surface area (Å²) in [4.78, 5) is 14.0. The van der Waals surface area contributed by atoms with E-state index in [0.717, 1.165) is 10.6 Å². The lowest BCUT2D eigenvalue weighted by molar-refractivity contribution is -0.116. The van der Waals surface area contributed by atoms with Crippen molar-refractivity contribution in [2.45, 2.75) is 6.54 Å². The number of carbonyl (C=O) groups excluding carboxylic acids is 1. The molecule has 0 radical (unpaired) electrons. The van der Waals surface area contributed by atoms with Crippen LogP contribution in [0.4, 0.5) is 0 Å². The van der Waals surface area contributed by atoms with Crippen molar-refractivity contribution in [1.82, 2.24) is 5.32 Å². The lowest BCUT2D eigenvalue weighted by Gasteiger charge is -1.97. The Morgan fingerprint density at radius 2 is 1.95 bits per heavy atom. The minimum atomic E-state index is -0.133. The predicted molar refractivity (Wildman–Crippen MR) is 89.3 cm³/mol. The van der Waals surface area contributed by atoms with E-state index in [1.807, 2.05) is 36.4 Å². The van der Waals surface area contributed by atoms with Crippen LogP contribution < -0.4 is 5.32 Å². The van der Waals surface area contributed by atoms with E-state index in [9.17, 15) is 4.79 Å². The number of benzene rings is 1. The molecule has 1 amide bonds. The smallest absolute Gasteiger partial charge is 0.244 e. The average Bonchev–Trinajstić information content (AvgIpc) is 3.23. The number of furan rings is 1. The van der Waals surface area contributed by atoms with E-state index in [4.69, 9.17) is 4.42 Å². The summed E-state index contributed by atoms with van der Waals surface area (Å²) in [6.07, 6.45) is 4.96. The summed E-state index contributed by atoms with van der Waals surface area (Å²) in [6, 6.07) is 17.9. The zero-order valence-electron chi connectivity index (χ0n) is 11.9. The Morgan fingerprint density at radius 1 is 1.09 bits per heavy atom. The Bertz CT molecular complexity index is 758. The Hall–Kier alpha value is -2.59. The van der Waals surface area contributed by atoms with E-state index in [0.29, 0.717) is 6.54 Å². The number of thiophene rings is 1. The van der Waals surface area contributed by atoms with Crippen LogP contribution in [0.15, 0.2) is 71.4 Å². The van der Waals surface area contributed by atoms with E-state index in [1.54, 1.807) is 29.7 Å². The maximum absolute atomic E-state index is 11.8. The molecule has 1 aromatic carbocycles. The number of rotatable bonds is 5. The first-order chi connectivity index (χ1) is 10.8. The van der Waals surface area contributed by atoms with Crippen LogP contribution in [-0.4, -0.2) is 5.91 Å². The molecule has 2 aromatic heterocycles. The second-order valence-electron chi connectivity index (χ2n) is 4.70. The van der Waals surface area contributed by atoms with Crippen molar-refractivity contribution in [2.24, 2.45) is 0 Å². The summed E-state index contributed by atoms with van der Waals surface area (Å²) >= 11 is 1.66. The Morgan fingerprint density at radius 3 is 2.73 bits per heavy atom. The molecule has 110 valence electrons. The largest absolute Gasteiger partial charge is 0.467 e. The van der Waals surface area contributed by atoms with Gasteiger partial charge in [0.2, 0.25) is 5.91 Å². The molecule has 3 aromatic rings. The topological polar surface area (TPSA) is 42.2 Å². The molecule has 0 spiro atoms. The van der Waals surface area contributed by atoms with Gasteiger partial charge in [-0.2, -0.15) is 0 Å². The second-order valence-corrected chi connectivity index (χ2v) is 5.81. The highest BCUT2D eigenvalue weighted by Crippen LogP contribution is 2.28. The first-order valence-corrected chi connectivity index (χ1v) is 7.76. The maximum Gasteiger partial charge on any atom is 0.244 e. The summed E-state index contributed by atoms with van der Waals surface area (Å²) < 4.78 is 5.16. The highest BCUT2D eigenvalue weighted by Gasteiger charge is 2.02. The van der Waals surface area contributed by atoms with Crippen LogP contribution >= 0.6 is 11.3 Å². The Labute approximate surface area is 132 Å². The number of hydrogen-bond acceptors (Lipinski definition) is 3. The lowest BCUT2D eigenvalue weighted by atomic mass is 10.2. The van der Waals surface area contributed by atoms with E-state index in [-0.39, 0.29) is 5.91 Å². The molecule has 0 aliphatic carbocycles. The highest BCUT2D eigenvalue weighted by atomic mass is 32.1. The van der Waals surface area contributed by atoms with Gasteiger partial charge in [0, 0.05) is 15.8 Å². The molecule has 0 saturated heterocycles. The van der Waals surface area contributed by atoms with Gasteiger partial charge in [0.05, 0.1) is 12.8 Å². The van der Waals surface area contributed by atoms with E-state index < -0.39 is 0 Å². The molecule has 0 aliphatic rings. The van der Waals surface area contributed by atoms with Gasteiger partial charge in [-0.1, -0.05) is 30.3 Å². The summed E-state index contributed by atoms with van der Waals surface area (Å²) in [5, 5.41) is 2.78. The molecule has 3 nitrogen and oxygen atoms in total. The number of amides is 1. The second kappa shape index (κ2) is 6.91. The standard InChI is InChI=1S/C18H15NO2S/c20-18(19-13-15-7-4-12-21-15)11-9-16-8-10-17(22-16)14-5-2-1-3-6-14/h1-12H,13H2,(H,19,20)/b11-9+. The SMILES string of the molecule is O=C(/C=C/c1ccc(-c2ccccc2)s1)NCc1ccco1. The first kappa shape index (κ1) is 14.4. The normalized spacial score (nSPS) is 10.9. The Balaban J connectivity index is 1.58. The van der Waals surface area contributed by atoms with Crippen LogP contribution in [0.5, 0.6) is 0 Å². The highest BCUT2D eigenvalue weighted by molar-refractivity contribution is 7.16. The quantitative estimate of drug-likeness (QED) is 0.712. The minimum Gasteiger partial charge on any atom is -0.467 e. The molecule has 1 N–H and O–H groups in total. The summed E-state index contributed by atoms with van der Waals surface area (Å²) in [5.74, 6) is 0.607.